The van der Waals surface area contributed by atoms with Crippen molar-refractivity contribution in [3.8, 4) is 0 Å². The van der Waals surface area contributed by atoms with Crippen molar-refractivity contribution in [2.24, 2.45) is 46.3 Å². The standard InChI is InChI=1S/C24H40/c1-23-14-5-6-15-24(23,2)22-12-11-19-18-8-4-3-7-17(18)9-10-20(19)21(22)13-16-23/h17-22H,3-16H2,1-2H3. The topological polar surface area (TPSA) is 0 Å². The van der Waals surface area contributed by atoms with Gasteiger partial charge in [-0.2, -0.15) is 0 Å². The van der Waals surface area contributed by atoms with Gasteiger partial charge in [-0.05, 0) is 104 Å². The quantitative estimate of drug-likeness (QED) is 0.440. The summed E-state index contributed by atoms with van der Waals surface area (Å²) in [6, 6.07) is 0. The second kappa shape index (κ2) is 5.75. The summed E-state index contributed by atoms with van der Waals surface area (Å²) in [5, 5.41) is 0. The maximum Gasteiger partial charge on any atom is -0.0241 e. The number of rotatable bonds is 0. The Bertz CT molecular complexity index is 480. The van der Waals surface area contributed by atoms with Crippen LogP contribution in [-0.4, -0.2) is 0 Å². The maximum atomic E-state index is 2.75. The van der Waals surface area contributed by atoms with Crippen molar-refractivity contribution >= 4 is 0 Å². The zero-order chi connectivity index (χ0) is 16.4. The molecule has 5 rings (SSSR count). The third kappa shape index (κ3) is 2.16. The van der Waals surface area contributed by atoms with Gasteiger partial charge in [0, 0.05) is 0 Å². The van der Waals surface area contributed by atoms with Gasteiger partial charge in [-0.15, -0.1) is 0 Å². The van der Waals surface area contributed by atoms with Crippen LogP contribution in [0.3, 0.4) is 0 Å². The lowest BCUT2D eigenvalue weighted by molar-refractivity contribution is -0.156. The molecule has 0 N–H and O–H groups in total. The summed E-state index contributed by atoms with van der Waals surface area (Å²) in [6.45, 7) is 5.43. The predicted molar refractivity (Wildman–Crippen MR) is 102 cm³/mol. The largest absolute Gasteiger partial charge is 0.0591 e. The van der Waals surface area contributed by atoms with Gasteiger partial charge >= 0.3 is 0 Å². The van der Waals surface area contributed by atoms with Crippen LogP contribution < -0.4 is 0 Å². The molecule has 24 heavy (non-hydrogen) atoms. The van der Waals surface area contributed by atoms with E-state index < -0.39 is 0 Å². The first kappa shape index (κ1) is 16.2. The average Bonchev–Trinajstić information content (AvgIpc) is 2.61. The van der Waals surface area contributed by atoms with Gasteiger partial charge in [0.2, 0.25) is 0 Å². The van der Waals surface area contributed by atoms with Crippen LogP contribution in [0.25, 0.3) is 0 Å². The van der Waals surface area contributed by atoms with Crippen LogP contribution in [0.15, 0.2) is 0 Å². The Morgan fingerprint density at radius 3 is 2.21 bits per heavy atom. The average molecular weight is 329 g/mol. The molecule has 5 aliphatic carbocycles. The smallest absolute Gasteiger partial charge is 0.0241 e. The van der Waals surface area contributed by atoms with Crippen LogP contribution in [0.5, 0.6) is 0 Å². The van der Waals surface area contributed by atoms with E-state index in [0.29, 0.717) is 10.8 Å². The summed E-state index contributed by atoms with van der Waals surface area (Å²) in [6.07, 6.45) is 22.0. The molecule has 136 valence electrons. The molecule has 0 bridgehead atoms. The zero-order valence-corrected chi connectivity index (χ0v) is 16.4. The van der Waals surface area contributed by atoms with Gasteiger partial charge in [0.05, 0.1) is 0 Å². The Hall–Kier alpha value is 0. The molecule has 0 aliphatic heterocycles. The second-order valence-corrected chi connectivity index (χ2v) is 11.2. The molecular formula is C24H40. The van der Waals surface area contributed by atoms with E-state index in [2.05, 4.69) is 13.8 Å². The highest BCUT2D eigenvalue weighted by molar-refractivity contribution is 5.09. The van der Waals surface area contributed by atoms with Crippen LogP contribution in [0.4, 0.5) is 0 Å². The third-order valence-electron chi connectivity index (χ3n) is 10.7. The summed E-state index contributed by atoms with van der Waals surface area (Å²) in [7, 11) is 0. The van der Waals surface area contributed by atoms with Crippen molar-refractivity contribution in [2.75, 3.05) is 0 Å². The first-order valence-electron chi connectivity index (χ1n) is 11.6. The molecule has 0 nitrogen and oxygen atoms in total. The molecule has 0 heterocycles. The van der Waals surface area contributed by atoms with E-state index in [9.17, 15) is 0 Å². The lowest BCUT2D eigenvalue weighted by Gasteiger charge is -2.65. The minimum Gasteiger partial charge on any atom is -0.0591 e. The maximum absolute atomic E-state index is 2.75. The first-order valence-corrected chi connectivity index (χ1v) is 11.6. The van der Waals surface area contributed by atoms with E-state index in [-0.39, 0.29) is 0 Å². The van der Waals surface area contributed by atoms with E-state index >= 15 is 0 Å². The van der Waals surface area contributed by atoms with Crippen LogP contribution in [0.1, 0.15) is 104 Å². The summed E-state index contributed by atoms with van der Waals surface area (Å²) < 4.78 is 0. The lowest BCUT2D eigenvalue weighted by atomic mass is 9.40. The minimum atomic E-state index is 0.682. The molecular weight excluding hydrogens is 288 g/mol. The van der Waals surface area contributed by atoms with Crippen LogP contribution >= 0.6 is 0 Å². The summed E-state index contributed by atoms with van der Waals surface area (Å²) in [5.41, 5.74) is 1.36. The molecule has 8 unspecified atom stereocenters. The minimum absolute atomic E-state index is 0.682. The molecule has 0 aromatic carbocycles. The molecule has 0 saturated heterocycles. The molecule has 0 aromatic heterocycles. The van der Waals surface area contributed by atoms with E-state index in [1.165, 1.54) is 19.3 Å². The molecule has 5 aliphatic rings. The van der Waals surface area contributed by atoms with Crippen LogP contribution in [0.2, 0.25) is 0 Å². The van der Waals surface area contributed by atoms with E-state index in [1.54, 1.807) is 70.6 Å². The van der Waals surface area contributed by atoms with Crippen molar-refractivity contribution in [3.63, 3.8) is 0 Å². The number of hydrogen-bond donors (Lipinski definition) is 0. The molecule has 0 spiro atoms. The highest BCUT2D eigenvalue weighted by Crippen LogP contribution is 2.68. The SMILES string of the molecule is CC12CCCCC1(C)C1CCC3C4CCCCC4CCC3C1CC2. The van der Waals surface area contributed by atoms with Gasteiger partial charge in [-0.3, -0.25) is 0 Å². The molecule has 0 heteroatoms. The van der Waals surface area contributed by atoms with Crippen LogP contribution in [-0.2, 0) is 0 Å². The Balaban J connectivity index is 1.42. The molecule has 8 atom stereocenters. The monoisotopic (exact) mass is 328 g/mol. The predicted octanol–water partition coefficient (Wildman–Crippen LogP) is 7.23. The Labute approximate surface area is 150 Å². The van der Waals surface area contributed by atoms with Gasteiger partial charge in [0.25, 0.3) is 0 Å². The number of hydrogen-bond acceptors (Lipinski definition) is 0. The molecule has 5 fully saturated rings. The summed E-state index contributed by atoms with van der Waals surface area (Å²) in [5.74, 6) is 6.75. The van der Waals surface area contributed by atoms with E-state index in [0.717, 1.165) is 35.5 Å². The van der Waals surface area contributed by atoms with Gasteiger partial charge in [0.15, 0.2) is 0 Å². The van der Waals surface area contributed by atoms with E-state index in [4.69, 9.17) is 0 Å². The van der Waals surface area contributed by atoms with Crippen molar-refractivity contribution in [3.05, 3.63) is 0 Å². The van der Waals surface area contributed by atoms with E-state index in [1.807, 2.05) is 0 Å². The second-order valence-electron chi connectivity index (χ2n) is 11.2. The fourth-order valence-electron chi connectivity index (χ4n) is 9.27. The molecule has 0 aromatic rings. The van der Waals surface area contributed by atoms with Gasteiger partial charge in [-0.1, -0.05) is 46.0 Å². The van der Waals surface area contributed by atoms with Crippen molar-refractivity contribution in [1.82, 2.24) is 0 Å². The van der Waals surface area contributed by atoms with Crippen molar-refractivity contribution in [2.45, 2.75) is 104 Å². The Morgan fingerprint density at radius 2 is 1.29 bits per heavy atom. The highest BCUT2D eigenvalue weighted by atomic mass is 14.6. The summed E-state index contributed by atoms with van der Waals surface area (Å²) in [4.78, 5) is 0. The van der Waals surface area contributed by atoms with Crippen LogP contribution in [0, 0.1) is 46.3 Å². The van der Waals surface area contributed by atoms with Gasteiger partial charge in [0.1, 0.15) is 0 Å². The van der Waals surface area contributed by atoms with Crippen molar-refractivity contribution < 1.29 is 0 Å². The van der Waals surface area contributed by atoms with Gasteiger partial charge in [-0.25, -0.2) is 0 Å². The molecule has 0 radical (unpaired) electrons. The fourth-order valence-corrected chi connectivity index (χ4v) is 9.27. The highest BCUT2D eigenvalue weighted by Gasteiger charge is 2.59. The lowest BCUT2D eigenvalue weighted by Crippen LogP contribution is -2.57. The summed E-state index contributed by atoms with van der Waals surface area (Å²) >= 11 is 0. The van der Waals surface area contributed by atoms with Crippen molar-refractivity contribution in [1.29, 1.82) is 0 Å². The fraction of sp³-hybridized carbons (Fsp3) is 1.00. The van der Waals surface area contributed by atoms with Gasteiger partial charge < -0.3 is 0 Å². The Kier molecular flexibility index (Phi) is 3.88. The first-order chi connectivity index (χ1) is 11.6. The number of fused-ring (bicyclic) bond motifs is 7. The normalized spacial score (nSPS) is 57.2. The third-order valence-corrected chi connectivity index (χ3v) is 10.7. The zero-order valence-electron chi connectivity index (χ0n) is 16.4. The molecule has 0 amide bonds. The molecule has 5 saturated carbocycles. The Morgan fingerprint density at radius 1 is 0.542 bits per heavy atom.